The number of nitrogens with zero attached hydrogens (tertiary/aromatic N) is 2. The Balaban J connectivity index is 3.32. The van der Waals surface area contributed by atoms with E-state index in [1.807, 2.05) is 25.1 Å². The molecule has 0 spiro atoms. The molecule has 2 nitrogen and oxygen atoms in total. The lowest BCUT2D eigenvalue weighted by molar-refractivity contribution is 0.522. The van der Waals surface area contributed by atoms with Gasteiger partial charge in [0.2, 0.25) is 0 Å². The van der Waals surface area contributed by atoms with Crippen LogP contribution in [0.2, 0.25) is 0 Å². The van der Waals surface area contributed by atoms with Crippen LogP contribution in [0.15, 0.2) is 30.9 Å². The first-order chi connectivity index (χ1) is 7.90. The van der Waals surface area contributed by atoms with Crippen molar-refractivity contribution in [1.82, 2.24) is 0 Å². The molecule has 1 rings (SSSR count). The molecule has 0 saturated carbocycles. The van der Waals surface area contributed by atoms with Crippen molar-refractivity contribution in [3.05, 3.63) is 42.0 Å². The molecule has 1 aromatic carbocycles. The topological polar surface area (TPSA) is 27.0 Å². The monoisotopic (exact) mass is 228 g/mol. The van der Waals surface area contributed by atoms with Gasteiger partial charge >= 0.3 is 0 Å². The fraction of sp³-hybridized carbons (Fsp3) is 0.400. The highest BCUT2D eigenvalue weighted by Crippen LogP contribution is 2.28. The number of benzene rings is 1. The third kappa shape index (κ3) is 3.10. The zero-order chi connectivity index (χ0) is 13.1. The highest BCUT2D eigenvalue weighted by Gasteiger charge is 2.22. The van der Waals surface area contributed by atoms with Gasteiger partial charge in [-0.15, -0.1) is 6.58 Å². The number of hydrogen-bond donors (Lipinski definition) is 0. The van der Waals surface area contributed by atoms with Gasteiger partial charge in [0.05, 0.1) is 11.3 Å². The summed E-state index contributed by atoms with van der Waals surface area (Å²) in [4.78, 5) is 2.20. The predicted octanol–water partition coefficient (Wildman–Crippen LogP) is 3.66. The maximum atomic E-state index is 9.19. The molecule has 0 unspecified atom stereocenters. The van der Waals surface area contributed by atoms with Crippen LogP contribution in [-0.4, -0.2) is 12.1 Å². The van der Waals surface area contributed by atoms with Crippen LogP contribution in [-0.2, 0) is 0 Å². The molecule has 0 N–H and O–H groups in total. The Morgan fingerprint density at radius 2 is 2.06 bits per heavy atom. The molecule has 0 aliphatic carbocycles. The summed E-state index contributed by atoms with van der Waals surface area (Å²) in [5.41, 5.74) is 2.83. The van der Waals surface area contributed by atoms with Crippen molar-refractivity contribution in [3.8, 4) is 6.07 Å². The molecule has 0 bridgehead atoms. The van der Waals surface area contributed by atoms with Gasteiger partial charge in [0.15, 0.2) is 0 Å². The second-order valence-electron chi connectivity index (χ2n) is 5.20. The average molecular weight is 228 g/mol. The lowest BCUT2D eigenvalue weighted by Gasteiger charge is -2.37. The smallest absolute Gasteiger partial charge is 0.101 e. The maximum absolute atomic E-state index is 9.19. The number of nitriles is 1. The van der Waals surface area contributed by atoms with E-state index in [1.165, 1.54) is 0 Å². The standard InChI is InChI=1S/C15H20N2/c1-6-9-17(15(3,4)5)14-10-12(2)7-8-13(14)11-16/h6-8,10H,1,9H2,2-5H3. The molecule has 0 atom stereocenters. The van der Waals surface area contributed by atoms with E-state index in [0.717, 1.165) is 17.8 Å². The summed E-state index contributed by atoms with van der Waals surface area (Å²) < 4.78 is 0. The van der Waals surface area contributed by atoms with Crippen LogP contribution in [0.1, 0.15) is 31.9 Å². The van der Waals surface area contributed by atoms with Crippen LogP contribution in [0.4, 0.5) is 5.69 Å². The predicted molar refractivity (Wildman–Crippen MR) is 73.2 cm³/mol. The second-order valence-corrected chi connectivity index (χ2v) is 5.20. The first-order valence-corrected chi connectivity index (χ1v) is 5.79. The molecule has 0 aromatic heterocycles. The van der Waals surface area contributed by atoms with E-state index in [0.29, 0.717) is 5.56 Å². The van der Waals surface area contributed by atoms with Crippen LogP contribution in [0.5, 0.6) is 0 Å². The first kappa shape index (κ1) is 13.3. The Morgan fingerprint density at radius 1 is 1.41 bits per heavy atom. The molecule has 0 saturated heterocycles. The normalized spacial score (nSPS) is 10.8. The molecule has 0 heterocycles. The fourth-order valence-corrected chi connectivity index (χ4v) is 1.82. The van der Waals surface area contributed by atoms with Gasteiger partial charge in [-0.1, -0.05) is 12.1 Å². The minimum absolute atomic E-state index is 0.0341. The van der Waals surface area contributed by atoms with Crippen molar-refractivity contribution in [2.45, 2.75) is 33.2 Å². The van der Waals surface area contributed by atoms with E-state index >= 15 is 0 Å². The zero-order valence-electron chi connectivity index (χ0n) is 11.1. The molecule has 1 aromatic rings. The maximum Gasteiger partial charge on any atom is 0.101 e. The minimum Gasteiger partial charge on any atom is -0.362 e. The fourth-order valence-electron chi connectivity index (χ4n) is 1.82. The first-order valence-electron chi connectivity index (χ1n) is 5.79. The number of hydrogen-bond acceptors (Lipinski definition) is 2. The Bertz CT molecular complexity index is 447. The van der Waals surface area contributed by atoms with Crippen molar-refractivity contribution in [3.63, 3.8) is 0 Å². The molecular weight excluding hydrogens is 208 g/mol. The van der Waals surface area contributed by atoms with Crippen molar-refractivity contribution >= 4 is 5.69 Å². The summed E-state index contributed by atoms with van der Waals surface area (Å²) in [6.45, 7) is 13.0. The van der Waals surface area contributed by atoms with Gasteiger partial charge in [0, 0.05) is 12.1 Å². The van der Waals surface area contributed by atoms with Crippen LogP contribution < -0.4 is 4.90 Å². The molecular formula is C15H20N2. The summed E-state index contributed by atoms with van der Waals surface area (Å²) in [7, 11) is 0. The van der Waals surface area contributed by atoms with Gasteiger partial charge in [-0.3, -0.25) is 0 Å². The molecule has 0 amide bonds. The molecule has 17 heavy (non-hydrogen) atoms. The molecule has 0 aliphatic rings. The van der Waals surface area contributed by atoms with Crippen LogP contribution >= 0.6 is 0 Å². The van der Waals surface area contributed by atoms with Crippen molar-refractivity contribution in [1.29, 1.82) is 5.26 Å². The third-order valence-electron chi connectivity index (χ3n) is 2.69. The molecule has 0 aliphatic heterocycles. The van der Waals surface area contributed by atoms with E-state index < -0.39 is 0 Å². The second kappa shape index (κ2) is 5.05. The van der Waals surface area contributed by atoms with Gasteiger partial charge in [0.1, 0.15) is 6.07 Å². The molecule has 90 valence electrons. The number of anilines is 1. The summed E-state index contributed by atoms with van der Waals surface area (Å²) in [6.07, 6.45) is 1.87. The lowest BCUT2D eigenvalue weighted by Crippen LogP contribution is -2.42. The number of rotatable bonds is 3. The Hall–Kier alpha value is -1.75. The van der Waals surface area contributed by atoms with Gasteiger partial charge < -0.3 is 4.90 Å². The van der Waals surface area contributed by atoms with E-state index in [1.54, 1.807) is 0 Å². The summed E-state index contributed by atoms with van der Waals surface area (Å²) in [5.74, 6) is 0. The van der Waals surface area contributed by atoms with E-state index in [9.17, 15) is 5.26 Å². The van der Waals surface area contributed by atoms with Crippen molar-refractivity contribution in [2.24, 2.45) is 0 Å². The van der Waals surface area contributed by atoms with Gasteiger partial charge in [-0.05, 0) is 45.4 Å². The number of aryl methyl sites for hydroxylation is 1. The SMILES string of the molecule is C=CCN(c1cc(C)ccc1C#N)C(C)(C)C. The Labute approximate surface area is 104 Å². The summed E-state index contributed by atoms with van der Waals surface area (Å²) in [5, 5.41) is 9.19. The van der Waals surface area contributed by atoms with E-state index in [-0.39, 0.29) is 5.54 Å². The van der Waals surface area contributed by atoms with E-state index in [2.05, 4.69) is 44.4 Å². The Kier molecular flexibility index (Phi) is 3.96. The van der Waals surface area contributed by atoms with Gasteiger partial charge in [-0.25, -0.2) is 0 Å². The highest BCUT2D eigenvalue weighted by molar-refractivity contribution is 5.62. The van der Waals surface area contributed by atoms with Crippen molar-refractivity contribution in [2.75, 3.05) is 11.4 Å². The highest BCUT2D eigenvalue weighted by atomic mass is 15.2. The Morgan fingerprint density at radius 3 is 2.53 bits per heavy atom. The van der Waals surface area contributed by atoms with Gasteiger partial charge in [-0.2, -0.15) is 5.26 Å². The van der Waals surface area contributed by atoms with Crippen LogP contribution in [0.25, 0.3) is 0 Å². The van der Waals surface area contributed by atoms with Crippen molar-refractivity contribution < 1.29 is 0 Å². The summed E-state index contributed by atoms with van der Waals surface area (Å²) in [6, 6.07) is 8.17. The minimum atomic E-state index is -0.0341. The summed E-state index contributed by atoms with van der Waals surface area (Å²) >= 11 is 0. The zero-order valence-corrected chi connectivity index (χ0v) is 11.1. The average Bonchev–Trinajstić information content (AvgIpc) is 2.24. The largest absolute Gasteiger partial charge is 0.362 e. The molecule has 0 fully saturated rings. The third-order valence-corrected chi connectivity index (χ3v) is 2.69. The quantitative estimate of drug-likeness (QED) is 0.738. The lowest BCUT2D eigenvalue weighted by atomic mass is 10.0. The van der Waals surface area contributed by atoms with Crippen LogP contribution in [0, 0.1) is 18.3 Å². The van der Waals surface area contributed by atoms with E-state index in [4.69, 9.17) is 0 Å². The molecule has 2 heteroatoms. The van der Waals surface area contributed by atoms with Gasteiger partial charge in [0.25, 0.3) is 0 Å². The van der Waals surface area contributed by atoms with Crippen LogP contribution in [0.3, 0.4) is 0 Å². The molecule has 0 radical (unpaired) electrons.